The summed E-state index contributed by atoms with van der Waals surface area (Å²) >= 11 is 0. The Balaban J connectivity index is 1.78. The Kier molecular flexibility index (Phi) is 5.63. The third kappa shape index (κ3) is 4.21. The lowest BCUT2D eigenvalue weighted by Crippen LogP contribution is -2.36. The molecule has 1 aliphatic rings. The summed E-state index contributed by atoms with van der Waals surface area (Å²) in [4.78, 5) is 24.3. The molecule has 1 saturated carbocycles. The Labute approximate surface area is 159 Å². The number of aryl methyl sites for hydroxylation is 2. The van der Waals surface area contributed by atoms with Crippen LogP contribution in [0.25, 0.3) is 0 Å². The number of anilines is 1. The highest BCUT2D eigenvalue weighted by atomic mass is 16.4. The minimum atomic E-state index is -0.876. The van der Waals surface area contributed by atoms with Crippen LogP contribution in [0.4, 0.5) is 5.69 Å². The molecule has 144 valence electrons. The molecule has 1 aliphatic carbocycles. The fourth-order valence-electron chi connectivity index (χ4n) is 3.97. The first kappa shape index (κ1) is 19.1. The maximum Gasteiger partial charge on any atom is 0.307 e. The topological polar surface area (TPSA) is 84.2 Å². The second-order valence-electron chi connectivity index (χ2n) is 7.52. The lowest BCUT2D eigenvalue weighted by molar-refractivity contribution is -0.147. The van der Waals surface area contributed by atoms with Gasteiger partial charge in [-0.2, -0.15) is 5.10 Å². The van der Waals surface area contributed by atoms with Gasteiger partial charge in [-0.15, -0.1) is 0 Å². The first-order valence-electron chi connectivity index (χ1n) is 9.50. The average Bonchev–Trinajstić information content (AvgIpc) is 2.89. The van der Waals surface area contributed by atoms with Gasteiger partial charge < -0.3 is 10.4 Å². The Bertz CT molecular complexity index is 856. The first-order chi connectivity index (χ1) is 12.9. The number of hydrogen-bond acceptors (Lipinski definition) is 3. The molecule has 1 aromatic heterocycles. The Morgan fingerprint density at radius 3 is 2.56 bits per heavy atom. The Hall–Kier alpha value is -2.63. The van der Waals surface area contributed by atoms with E-state index >= 15 is 0 Å². The maximum absolute atomic E-state index is 12.8. The number of rotatable bonds is 5. The summed E-state index contributed by atoms with van der Waals surface area (Å²) in [5, 5.41) is 17.0. The number of nitrogens with zero attached hydrogens (tertiary/aromatic N) is 2. The number of carbonyl (C=O) groups is 2. The first-order valence-corrected chi connectivity index (χ1v) is 9.50. The van der Waals surface area contributed by atoms with Crippen LogP contribution >= 0.6 is 0 Å². The summed E-state index contributed by atoms with van der Waals surface area (Å²) in [5.41, 5.74) is 4.67. The van der Waals surface area contributed by atoms with Crippen molar-refractivity contribution in [2.45, 2.75) is 53.0 Å². The van der Waals surface area contributed by atoms with Gasteiger partial charge in [-0.25, -0.2) is 0 Å². The molecule has 2 aromatic rings. The molecular weight excluding hydrogens is 342 g/mol. The number of amides is 1. The van der Waals surface area contributed by atoms with E-state index in [1.807, 2.05) is 24.6 Å². The van der Waals surface area contributed by atoms with E-state index in [-0.39, 0.29) is 5.91 Å². The highest BCUT2D eigenvalue weighted by molar-refractivity contribution is 5.96. The molecule has 3 rings (SSSR count). The molecule has 6 nitrogen and oxygen atoms in total. The van der Waals surface area contributed by atoms with Gasteiger partial charge in [-0.3, -0.25) is 14.3 Å². The van der Waals surface area contributed by atoms with E-state index in [1.54, 1.807) is 0 Å². The van der Waals surface area contributed by atoms with Gasteiger partial charge in [-0.05, 0) is 39.2 Å². The molecule has 0 spiro atoms. The van der Waals surface area contributed by atoms with Crippen LogP contribution in [0, 0.1) is 32.6 Å². The monoisotopic (exact) mass is 369 g/mol. The number of hydrogen-bond donors (Lipinski definition) is 2. The molecule has 0 aliphatic heterocycles. The molecule has 0 saturated heterocycles. The van der Waals surface area contributed by atoms with Gasteiger partial charge in [-0.1, -0.05) is 42.7 Å². The minimum absolute atomic E-state index is 0.205. The lowest BCUT2D eigenvalue weighted by atomic mass is 9.78. The van der Waals surface area contributed by atoms with Crippen molar-refractivity contribution in [1.29, 1.82) is 0 Å². The van der Waals surface area contributed by atoms with Crippen LogP contribution in [0.3, 0.4) is 0 Å². The van der Waals surface area contributed by atoms with Crippen molar-refractivity contribution in [3.8, 4) is 0 Å². The fraction of sp³-hybridized carbons (Fsp3) is 0.476. The van der Waals surface area contributed by atoms with Gasteiger partial charge in [0.15, 0.2) is 0 Å². The van der Waals surface area contributed by atoms with Gasteiger partial charge in [0.1, 0.15) is 0 Å². The van der Waals surface area contributed by atoms with Crippen molar-refractivity contribution in [3.63, 3.8) is 0 Å². The summed E-state index contributed by atoms with van der Waals surface area (Å²) in [6.45, 7) is 6.48. The van der Waals surface area contributed by atoms with Crippen LogP contribution in [-0.4, -0.2) is 26.8 Å². The van der Waals surface area contributed by atoms with Crippen molar-refractivity contribution >= 4 is 17.6 Å². The number of carboxylic acid groups (broad SMARTS) is 1. The summed E-state index contributed by atoms with van der Waals surface area (Å²) in [6, 6.07) is 8.25. The summed E-state index contributed by atoms with van der Waals surface area (Å²) in [7, 11) is 0. The second kappa shape index (κ2) is 7.94. The SMILES string of the molecule is Cc1cccc(Cn2nc(C)c(NC(=O)C3CCCCC3C(=O)O)c2C)c1. The molecule has 1 heterocycles. The van der Waals surface area contributed by atoms with Gasteiger partial charge >= 0.3 is 5.97 Å². The molecule has 0 bridgehead atoms. The zero-order valence-electron chi connectivity index (χ0n) is 16.2. The molecule has 27 heavy (non-hydrogen) atoms. The summed E-state index contributed by atoms with van der Waals surface area (Å²) in [5.74, 6) is -2.15. The van der Waals surface area contributed by atoms with E-state index < -0.39 is 17.8 Å². The lowest BCUT2D eigenvalue weighted by Gasteiger charge is -2.27. The minimum Gasteiger partial charge on any atom is -0.481 e. The predicted molar refractivity (Wildman–Crippen MR) is 104 cm³/mol. The van der Waals surface area contributed by atoms with Crippen molar-refractivity contribution in [1.82, 2.24) is 9.78 Å². The molecule has 1 aromatic carbocycles. The van der Waals surface area contributed by atoms with Crippen LogP contribution in [0.1, 0.15) is 48.2 Å². The third-order valence-corrected chi connectivity index (χ3v) is 5.46. The van der Waals surface area contributed by atoms with Crippen LogP contribution in [-0.2, 0) is 16.1 Å². The molecule has 2 atom stereocenters. The quantitative estimate of drug-likeness (QED) is 0.842. The van der Waals surface area contributed by atoms with Crippen molar-refractivity contribution in [2.75, 3.05) is 5.32 Å². The van der Waals surface area contributed by atoms with Gasteiger partial charge in [0.2, 0.25) is 5.91 Å². The van der Waals surface area contributed by atoms with Crippen LogP contribution < -0.4 is 5.32 Å². The number of carboxylic acids is 1. The highest BCUT2D eigenvalue weighted by Crippen LogP contribution is 2.32. The van der Waals surface area contributed by atoms with E-state index in [0.717, 1.165) is 29.8 Å². The normalized spacial score (nSPS) is 19.7. The summed E-state index contributed by atoms with van der Waals surface area (Å²) < 4.78 is 1.88. The Morgan fingerprint density at radius 1 is 1.19 bits per heavy atom. The van der Waals surface area contributed by atoms with E-state index in [4.69, 9.17) is 0 Å². The molecule has 2 unspecified atom stereocenters. The molecule has 6 heteroatoms. The van der Waals surface area contributed by atoms with E-state index in [9.17, 15) is 14.7 Å². The zero-order chi connectivity index (χ0) is 19.6. The van der Waals surface area contributed by atoms with Gasteiger partial charge in [0, 0.05) is 0 Å². The van der Waals surface area contributed by atoms with E-state index in [2.05, 4.69) is 35.5 Å². The molecular formula is C21H27N3O3. The van der Waals surface area contributed by atoms with Gasteiger partial charge in [0.25, 0.3) is 0 Å². The van der Waals surface area contributed by atoms with Crippen LogP contribution in [0.2, 0.25) is 0 Å². The van der Waals surface area contributed by atoms with E-state index in [1.165, 1.54) is 5.56 Å². The Morgan fingerprint density at radius 2 is 1.89 bits per heavy atom. The average molecular weight is 369 g/mol. The summed E-state index contributed by atoms with van der Waals surface area (Å²) in [6.07, 6.45) is 2.95. The molecule has 1 amide bonds. The van der Waals surface area contributed by atoms with Crippen LogP contribution in [0.15, 0.2) is 24.3 Å². The molecule has 2 N–H and O–H groups in total. The standard InChI is InChI=1S/C21H27N3O3/c1-13-7-6-8-16(11-13)12-24-15(3)19(14(2)23-24)22-20(25)17-9-4-5-10-18(17)21(26)27/h6-8,11,17-18H,4-5,9-10,12H2,1-3H3,(H,22,25)(H,26,27). The van der Waals surface area contributed by atoms with Crippen molar-refractivity contribution < 1.29 is 14.7 Å². The molecule has 0 radical (unpaired) electrons. The number of benzene rings is 1. The second-order valence-corrected chi connectivity index (χ2v) is 7.52. The number of nitrogens with one attached hydrogen (secondary N) is 1. The predicted octanol–water partition coefficient (Wildman–Crippen LogP) is 3.69. The maximum atomic E-state index is 12.8. The van der Waals surface area contributed by atoms with Crippen LogP contribution in [0.5, 0.6) is 0 Å². The van der Waals surface area contributed by atoms with Crippen molar-refractivity contribution in [3.05, 3.63) is 46.8 Å². The highest BCUT2D eigenvalue weighted by Gasteiger charge is 2.36. The van der Waals surface area contributed by atoms with Gasteiger partial charge in [0.05, 0.1) is 35.5 Å². The third-order valence-electron chi connectivity index (χ3n) is 5.46. The number of carbonyl (C=O) groups excluding carboxylic acids is 1. The van der Waals surface area contributed by atoms with E-state index in [0.29, 0.717) is 25.1 Å². The zero-order valence-corrected chi connectivity index (χ0v) is 16.2. The smallest absolute Gasteiger partial charge is 0.307 e. The number of aromatic nitrogens is 2. The largest absolute Gasteiger partial charge is 0.481 e. The number of aliphatic carboxylic acids is 1. The molecule has 1 fully saturated rings. The van der Waals surface area contributed by atoms with Crippen molar-refractivity contribution in [2.24, 2.45) is 11.8 Å². The fourth-order valence-corrected chi connectivity index (χ4v) is 3.97.